The van der Waals surface area contributed by atoms with Gasteiger partial charge in [0.1, 0.15) is 0 Å². The lowest BCUT2D eigenvalue weighted by molar-refractivity contribution is 0.268. The van der Waals surface area contributed by atoms with Gasteiger partial charge in [-0.25, -0.2) is 0 Å². The van der Waals surface area contributed by atoms with E-state index in [0.29, 0.717) is 6.61 Å². The molecule has 0 aliphatic heterocycles. The minimum atomic E-state index is -0.873. The van der Waals surface area contributed by atoms with Crippen molar-refractivity contribution in [3.05, 3.63) is 12.1 Å². The minimum Gasteiger partial charge on any atom is -0.501 e. The van der Waals surface area contributed by atoms with Crippen LogP contribution in [-0.4, -0.2) is 20.8 Å². The van der Waals surface area contributed by atoms with Crippen molar-refractivity contribution >= 4 is 8.38 Å². The smallest absolute Gasteiger partial charge is 0.199 e. The Morgan fingerprint density at radius 1 is 1.30 bits per heavy atom. The molecule has 10 heavy (non-hydrogen) atoms. The number of ether oxygens (including phenoxy) is 1. The topological polar surface area (TPSA) is 27.7 Å². The molecule has 0 radical (unpaired) electrons. The van der Waals surface area contributed by atoms with Gasteiger partial charge in [0.05, 0.1) is 12.9 Å². The van der Waals surface area contributed by atoms with Crippen molar-refractivity contribution in [3.63, 3.8) is 0 Å². The first-order valence-electron chi connectivity index (χ1n) is 3.00. The maximum Gasteiger partial charge on any atom is 0.199 e. The van der Waals surface area contributed by atoms with Crippen LogP contribution in [0.1, 0.15) is 6.92 Å². The molecule has 0 aliphatic rings. The van der Waals surface area contributed by atoms with Crippen LogP contribution in [0.15, 0.2) is 12.1 Å². The third kappa shape index (κ3) is 4.74. The Kier molecular flexibility index (Phi) is 6.93. The van der Waals surface area contributed by atoms with Gasteiger partial charge in [0, 0.05) is 20.0 Å². The maximum atomic E-state index is 4.94. The predicted octanol–water partition coefficient (Wildman–Crippen LogP) is 2.10. The first-order chi connectivity index (χ1) is 4.85. The molecule has 0 atom stereocenters. The fourth-order valence-electron chi connectivity index (χ4n) is 0.385. The Labute approximate surface area is 62.9 Å². The van der Waals surface area contributed by atoms with Crippen LogP contribution in [0.2, 0.25) is 0 Å². The summed E-state index contributed by atoms with van der Waals surface area (Å²) in [4.78, 5) is 0. The van der Waals surface area contributed by atoms with E-state index in [1.54, 1.807) is 26.3 Å². The molecule has 4 heteroatoms. The van der Waals surface area contributed by atoms with Gasteiger partial charge in [-0.15, -0.1) is 0 Å². The Hall–Kier alpha value is -0.110. The molecule has 0 heterocycles. The molecular weight excluding hydrogens is 151 g/mol. The van der Waals surface area contributed by atoms with Gasteiger partial charge in [0.15, 0.2) is 8.38 Å². The molecule has 0 aromatic carbocycles. The van der Waals surface area contributed by atoms with Crippen LogP contribution in [0.4, 0.5) is 0 Å². The molecular formula is C6H13O3P. The zero-order valence-corrected chi connectivity index (χ0v) is 7.43. The molecule has 0 spiro atoms. The molecule has 0 aromatic heterocycles. The molecule has 60 valence electrons. The van der Waals surface area contributed by atoms with E-state index >= 15 is 0 Å². The molecule has 0 N–H and O–H groups in total. The summed E-state index contributed by atoms with van der Waals surface area (Å²) in [5.74, 6) is 1.76. The predicted molar refractivity (Wildman–Crippen MR) is 41.7 cm³/mol. The fourth-order valence-corrected chi connectivity index (χ4v) is 0.963. The van der Waals surface area contributed by atoms with E-state index in [9.17, 15) is 0 Å². The van der Waals surface area contributed by atoms with Crippen LogP contribution in [0, 0.1) is 0 Å². The van der Waals surface area contributed by atoms with Crippen LogP contribution in [0.3, 0.4) is 0 Å². The highest BCUT2D eigenvalue weighted by Gasteiger charge is 1.97. The summed E-state index contributed by atoms with van der Waals surface area (Å²) in [5, 5.41) is 0. The first kappa shape index (κ1) is 9.89. The second kappa shape index (κ2) is 7.00. The third-order valence-corrected chi connectivity index (χ3v) is 1.89. The normalized spacial score (nSPS) is 11.2. The van der Waals surface area contributed by atoms with Crippen molar-refractivity contribution in [1.29, 1.82) is 0 Å². The molecule has 3 nitrogen and oxygen atoms in total. The lowest BCUT2D eigenvalue weighted by Crippen LogP contribution is -1.79. The van der Waals surface area contributed by atoms with Crippen LogP contribution in [0.5, 0.6) is 0 Å². The molecule has 0 aliphatic carbocycles. The van der Waals surface area contributed by atoms with Crippen LogP contribution in [-0.2, 0) is 13.8 Å². The van der Waals surface area contributed by atoms with Gasteiger partial charge in [0.2, 0.25) is 0 Å². The zero-order valence-electron chi connectivity index (χ0n) is 6.53. The quantitative estimate of drug-likeness (QED) is 0.460. The van der Waals surface area contributed by atoms with E-state index in [0.717, 1.165) is 0 Å². The van der Waals surface area contributed by atoms with Crippen molar-refractivity contribution in [3.8, 4) is 0 Å². The van der Waals surface area contributed by atoms with Gasteiger partial charge in [-0.05, 0) is 6.92 Å². The maximum absolute atomic E-state index is 4.94. The van der Waals surface area contributed by atoms with E-state index in [1.807, 2.05) is 6.92 Å². The van der Waals surface area contributed by atoms with Crippen LogP contribution in [0.25, 0.3) is 0 Å². The number of rotatable bonds is 5. The molecule has 0 aromatic rings. The zero-order chi connectivity index (χ0) is 7.82. The fraction of sp³-hybridized carbons (Fsp3) is 0.667. The summed E-state index contributed by atoms with van der Waals surface area (Å²) in [6.07, 6.45) is 1.60. The molecule has 0 unspecified atom stereocenters. The van der Waals surface area contributed by atoms with Crippen molar-refractivity contribution < 1.29 is 13.8 Å². The van der Waals surface area contributed by atoms with Crippen molar-refractivity contribution in [2.45, 2.75) is 6.92 Å². The van der Waals surface area contributed by atoms with Gasteiger partial charge in [0.25, 0.3) is 0 Å². The average Bonchev–Trinajstić information content (AvgIpc) is 1.99. The lowest BCUT2D eigenvalue weighted by Gasteiger charge is -2.05. The number of hydrogen-bond acceptors (Lipinski definition) is 3. The van der Waals surface area contributed by atoms with Crippen molar-refractivity contribution in [1.82, 2.24) is 0 Å². The standard InChI is InChI=1S/C6H13O3P/c1-4-9-5-6-10(7-2)8-3/h5-6H,4H2,1-3H3/b6-5+. The summed E-state index contributed by atoms with van der Waals surface area (Å²) in [6, 6.07) is 0. The van der Waals surface area contributed by atoms with Gasteiger partial charge in [-0.2, -0.15) is 0 Å². The first-order valence-corrected chi connectivity index (χ1v) is 4.25. The second-order valence-electron chi connectivity index (χ2n) is 1.39. The molecule has 0 saturated heterocycles. The molecule has 0 rings (SSSR count). The minimum absolute atomic E-state index is 0.674. The number of hydrogen-bond donors (Lipinski definition) is 0. The van der Waals surface area contributed by atoms with E-state index in [1.165, 1.54) is 0 Å². The largest absolute Gasteiger partial charge is 0.501 e. The SMILES string of the molecule is CCO/C=C/P(OC)OC. The second-order valence-corrected chi connectivity index (χ2v) is 2.99. The third-order valence-electron chi connectivity index (χ3n) is 0.805. The van der Waals surface area contributed by atoms with Gasteiger partial charge < -0.3 is 13.8 Å². The highest BCUT2D eigenvalue weighted by molar-refractivity contribution is 7.50. The molecule has 0 saturated carbocycles. The lowest BCUT2D eigenvalue weighted by atomic mass is 10.9. The molecule has 0 fully saturated rings. The summed E-state index contributed by atoms with van der Waals surface area (Å²) >= 11 is 0. The summed E-state index contributed by atoms with van der Waals surface area (Å²) in [5.41, 5.74) is 0. The van der Waals surface area contributed by atoms with Crippen molar-refractivity contribution in [2.24, 2.45) is 0 Å². The Balaban J connectivity index is 3.40. The van der Waals surface area contributed by atoms with Crippen molar-refractivity contribution in [2.75, 3.05) is 20.8 Å². The van der Waals surface area contributed by atoms with Gasteiger partial charge >= 0.3 is 0 Å². The Bertz CT molecular complexity index is 91.0. The highest BCUT2D eigenvalue weighted by atomic mass is 31.2. The summed E-state index contributed by atoms with van der Waals surface area (Å²) < 4.78 is 14.8. The van der Waals surface area contributed by atoms with E-state index in [2.05, 4.69) is 0 Å². The average molecular weight is 164 g/mol. The summed E-state index contributed by atoms with van der Waals surface area (Å²) in [6.45, 7) is 2.60. The molecule has 0 bridgehead atoms. The van der Waals surface area contributed by atoms with E-state index in [-0.39, 0.29) is 0 Å². The molecule has 0 amide bonds. The van der Waals surface area contributed by atoms with Gasteiger partial charge in [-0.1, -0.05) is 0 Å². The Morgan fingerprint density at radius 3 is 2.30 bits per heavy atom. The summed E-state index contributed by atoms with van der Waals surface area (Å²) in [7, 11) is 2.33. The monoisotopic (exact) mass is 164 g/mol. The van der Waals surface area contributed by atoms with Crippen LogP contribution >= 0.6 is 8.38 Å². The highest BCUT2D eigenvalue weighted by Crippen LogP contribution is 2.37. The van der Waals surface area contributed by atoms with Crippen LogP contribution < -0.4 is 0 Å². The van der Waals surface area contributed by atoms with E-state index in [4.69, 9.17) is 13.8 Å². The van der Waals surface area contributed by atoms with E-state index < -0.39 is 8.38 Å². The van der Waals surface area contributed by atoms with Gasteiger partial charge in [-0.3, -0.25) is 0 Å². The Morgan fingerprint density at radius 2 is 1.90 bits per heavy atom.